The molecule has 0 aromatic heterocycles. The second-order valence-corrected chi connectivity index (χ2v) is 23.6. The average molecular weight is 1070 g/mol. The van der Waals surface area contributed by atoms with Crippen LogP contribution in [0.15, 0.2) is 48.5 Å². The Hall–Kier alpha value is -6.22. The number of amides is 7. The van der Waals surface area contributed by atoms with E-state index in [1.54, 1.807) is 72.7 Å². The number of carbonyl (C=O) groups excluding carboxylic acids is 7. The minimum Gasteiger partial charge on any atom is -0.481 e. The number of carboxylic acid groups (broad SMARTS) is 1. The zero-order valence-corrected chi connectivity index (χ0v) is 47.1. The van der Waals surface area contributed by atoms with Gasteiger partial charge in [0.15, 0.2) is 0 Å². The van der Waals surface area contributed by atoms with Crippen molar-refractivity contribution in [2.75, 3.05) is 13.1 Å². The van der Waals surface area contributed by atoms with Crippen LogP contribution in [0.1, 0.15) is 157 Å². The molecule has 0 spiro atoms. The maximum absolute atomic E-state index is 14.1. The summed E-state index contributed by atoms with van der Waals surface area (Å²) in [6.45, 7) is 21.8. The average Bonchev–Trinajstić information content (AvgIpc) is 3.87. The Labute approximate surface area is 454 Å². The molecule has 21 heteroatoms. The Morgan fingerprint density at radius 1 is 0.688 bits per heavy atom. The van der Waals surface area contributed by atoms with Gasteiger partial charge in [-0.2, -0.15) is 0 Å². The molecule has 2 bridgehead atoms. The zero-order chi connectivity index (χ0) is 57.0. The van der Waals surface area contributed by atoms with Crippen LogP contribution in [-0.2, 0) is 49.2 Å². The van der Waals surface area contributed by atoms with Gasteiger partial charge >= 0.3 is 25.3 Å². The van der Waals surface area contributed by atoms with Crippen LogP contribution in [0.2, 0.25) is 0 Å². The third-order valence-electron chi connectivity index (χ3n) is 14.7. The molecule has 1 heterocycles. The molecule has 7 amide bonds. The summed E-state index contributed by atoms with van der Waals surface area (Å²) in [5.41, 5.74) is 1.20. The van der Waals surface area contributed by atoms with E-state index in [0.29, 0.717) is 24.7 Å². The fourth-order valence-electron chi connectivity index (χ4n) is 10.2. The monoisotopic (exact) mass is 1070 g/mol. The molecule has 3 aliphatic carbocycles. The fourth-order valence-corrected chi connectivity index (χ4v) is 10.2. The van der Waals surface area contributed by atoms with Crippen molar-refractivity contribution in [1.82, 2.24) is 37.2 Å². The molecule has 4 fully saturated rings. The first kappa shape index (κ1) is 61.6. The highest BCUT2D eigenvalue weighted by Gasteiger charge is 2.68. The summed E-state index contributed by atoms with van der Waals surface area (Å²) < 4.78 is 23.7. The lowest BCUT2D eigenvalue weighted by atomic mass is 9.43. The van der Waals surface area contributed by atoms with Crippen molar-refractivity contribution >= 4 is 54.8 Å². The number of aryl methyl sites for hydroxylation is 1. The molecule has 1 unspecified atom stereocenters. The van der Waals surface area contributed by atoms with Crippen LogP contribution in [0.25, 0.3) is 11.1 Å². The van der Waals surface area contributed by atoms with E-state index in [-0.39, 0.29) is 30.0 Å². The van der Waals surface area contributed by atoms with Crippen LogP contribution >= 0.6 is 0 Å². The summed E-state index contributed by atoms with van der Waals surface area (Å²) in [5.74, 6) is -4.95. The maximum Gasteiger partial charge on any atom is 0.481 e. The quantitative estimate of drug-likeness (QED) is 0.0411. The van der Waals surface area contributed by atoms with Gasteiger partial charge < -0.3 is 61.1 Å². The van der Waals surface area contributed by atoms with E-state index in [2.05, 4.69) is 77.0 Å². The van der Waals surface area contributed by atoms with Crippen molar-refractivity contribution < 1.29 is 62.2 Å². The number of carboxylic acids is 1. The van der Waals surface area contributed by atoms with Gasteiger partial charge in [0.1, 0.15) is 35.4 Å². The lowest BCUT2D eigenvalue weighted by Crippen LogP contribution is -2.65. The molecule has 424 valence electrons. The number of nitrogens with one attached hydrogen (secondary N) is 7. The van der Waals surface area contributed by atoms with Crippen molar-refractivity contribution in [3.63, 3.8) is 0 Å². The van der Waals surface area contributed by atoms with E-state index in [0.717, 1.165) is 43.2 Å². The van der Waals surface area contributed by atoms with Gasteiger partial charge in [0.05, 0.1) is 24.2 Å². The van der Waals surface area contributed by atoms with Crippen molar-refractivity contribution in [2.45, 2.75) is 200 Å². The van der Waals surface area contributed by atoms with Crippen LogP contribution in [0.5, 0.6) is 0 Å². The number of ether oxygens (including phenoxy) is 2. The van der Waals surface area contributed by atoms with Crippen molar-refractivity contribution in [2.24, 2.45) is 17.3 Å². The summed E-state index contributed by atoms with van der Waals surface area (Å²) >= 11 is 0. The molecule has 4 aliphatic rings. The Balaban J connectivity index is 1.26. The summed E-state index contributed by atoms with van der Waals surface area (Å²) in [6, 6.07) is 9.38. The van der Waals surface area contributed by atoms with E-state index >= 15 is 0 Å². The predicted molar refractivity (Wildman–Crippen MR) is 290 cm³/mol. The standard InChI is InChI=1S/C56H84BN7O13/c1-13-14-17-35-19-21-36(22-20-35)37-23-25-38(26-24-37)47(68)64-42(32-59-52(73)75-54(7,8)9)50(71)63-41(27-28-45(65)66)48(69)60-33(2)46(67)62-40(18-15-16-29-58-51(72)74-53(4,5)6)49(70)61-34(3)57-76-44-31-39-30-43(55(39,10)11)56(44,12)77-57/h19-26,33-34,39-44H,13-18,27-32H2,1-12H3,(H,58,72)(H,59,73)(H,60,69)(H,61,70)(H,62,67)(H,63,71)(H,64,68)(H,65,66)/t33-,34-,39-,40-,41-,42-,43-,44?,56-/m0/s1. The third kappa shape index (κ3) is 17.7. The Kier molecular flexibility index (Phi) is 21.2. The number of hydrogen-bond acceptors (Lipinski definition) is 12. The number of unbranched alkanes of at least 4 members (excludes halogenated alkanes) is 2. The molecule has 20 nitrogen and oxygen atoms in total. The fraction of sp³-hybridized carbons (Fsp3) is 0.643. The first-order valence-corrected chi connectivity index (χ1v) is 27.2. The first-order chi connectivity index (χ1) is 36.0. The molecule has 1 saturated heterocycles. The summed E-state index contributed by atoms with van der Waals surface area (Å²) in [4.78, 5) is 107. The van der Waals surface area contributed by atoms with Crippen molar-refractivity contribution in [3.8, 4) is 11.1 Å². The highest BCUT2D eigenvalue weighted by atomic mass is 16.7. The topological polar surface area (TPSA) is 278 Å². The molecule has 9 atom stereocenters. The minimum atomic E-state index is -1.55. The van der Waals surface area contributed by atoms with Gasteiger partial charge in [-0.3, -0.25) is 28.8 Å². The second kappa shape index (κ2) is 26.4. The smallest absolute Gasteiger partial charge is 0.481 e. The zero-order valence-electron chi connectivity index (χ0n) is 47.1. The van der Waals surface area contributed by atoms with E-state index < -0.39 is 121 Å². The Morgan fingerprint density at radius 3 is 1.83 bits per heavy atom. The second-order valence-electron chi connectivity index (χ2n) is 23.6. The van der Waals surface area contributed by atoms with Crippen LogP contribution in [-0.4, -0.2) is 126 Å². The Bertz CT molecular complexity index is 2410. The maximum atomic E-state index is 14.1. The van der Waals surface area contributed by atoms with Gasteiger partial charge in [-0.15, -0.1) is 0 Å². The minimum absolute atomic E-state index is 0.106. The van der Waals surface area contributed by atoms with Gasteiger partial charge in [-0.05, 0) is 160 Å². The van der Waals surface area contributed by atoms with Gasteiger partial charge in [-0.1, -0.05) is 63.6 Å². The molecular weight excluding hydrogens is 989 g/mol. The van der Waals surface area contributed by atoms with E-state index in [1.807, 2.05) is 12.1 Å². The van der Waals surface area contributed by atoms with Crippen LogP contribution in [0, 0.1) is 17.3 Å². The predicted octanol–water partition coefficient (Wildman–Crippen LogP) is 6.13. The molecule has 0 radical (unpaired) electrons. The van der Waals surface area contributed by atoms with Gasteiger partial charge in [0, 0.05) is 18.5 Å². The number of alkyl carbamates (subject to hydrolysis) is 2. The summed E-state index contributed by atoms with van der Waals surface area (Å²) in [5, 5.41) is 28.2. The number of aliphatic carboxylic acids is 1. The Morgan fingerprint density at radius 2 is 1.25 bits per heavy atom. The number of carbonyl (C=O) groups is 8. The number of benzene rings is 2. The van der Waals surface area contributed by atoms with Gasteiger partial charge in [-0.25, -0.2) is 9.59 Å². The highest BCUT2D eigenvalue weighted by Crippen LogP contribution is 2.65. The molecule has 2 aromatic rings. The summed E-state index contributed by atoms with van der Waals surface area (Å²) in [7, 11) is -0.744. The lowest BCUT2D eigenvalue weighted by Gasteiger charge is -2.64. The molecule has 2 aromatic carbocycles. The SMILES string of the molecule is CCCCc1ccc(-c2ccc(C(=O)N[C@@H](CNC(=O)OC(C)(C)C)C(=O)N[C@@H](CCC(=O)O)C(=O)N[C@@H](C)C(=O)N[C@@H](CCCCNC(=O)OC(C)(C)C)C(=O)N[C@@H](C)B3OC4C[C@@H]5C[C@@H](C5(C)C)[C@]4(C)O3)cc2)cc1. The number of hydrogen-bond donors (Lipinski definition) is 8. The molecule has 6 rings (SSSR count). The van der Waals surface area contributed by atoms with Crippen molar-refractivity contribution in [1.29, 1.82) is 0 Å². The van der Waals surface area contributed by atoms with Gasteiger partial charge in [0.2, 0.25) is 23.6 Å². The first-order valence-electron chi connectivity index (χ1n) is 27.2. The van der Waals surface area contributed by atoms with Crippen LogP contribution in [0.3, 0.4) is 0 Å². The molecule has 77 heavy (non-hydrogen) atoms. The van der Waals surface area contributed by atoms with Crippen LogP contribution in [0.4, 0.5) is 9.59 Å². The van der Waals surface area contributed by atoms with E-state index in [9.17, 15) is 43.5 Å². The normalized spacial score (nSPS) is 21.2. The highest BCUT2D eigenvalue weighted by molar-refractivity contribution is 6.47. The largest absolute Gasteiger partial charge is 0.481 e. The molecule has 8 N–H and O–H groups in total. The van der Waals surface area contributed by atoms with E-state index in [4.69, 9.17) is 18.8 Å². The van der Waals surface area contributed by atoms with Gasteiger partial charge in [0.25, 0.3) is 5.91 Å². The summed E-state index contributed by atoms with van der Waals surface area (Å²) in [6.07, 6.45) is 3.37. The van der Waals surface area contributed by atoms with Crippen molar-refractivity contribution in [3.05, 3.63) is 59.7 Å². The molecule has 3 saturated carbocycles. The lowest BCUT2D eigenvalue weighted by molar-refractivity contribution is -0.199. The molecular formula is C56H84BN7O13. The van der Waals surface area contributed by atoms with E-state index in [1.165, 1.54) is 12.5 Å². The van der Waals surface area contributed by atoms with Crippen LogP contribution < -0.4 is 37.2 Å². The number of rotatable bonds is 25. The third-order valence-corrected chi connectivity index (χ3v) is 14.7. The molecule has 1 aliphatic heterocycles.